The Kier molecular flexibility index (Phi) is 6.91. The van der Waals surface area contributed by atoms with Crippen LogP contribution in [0.1, 0.15) is 40.8 Å². The van der Waals surface area contributed by atoms with Crippen molar-refractivity contribution < 1.29 is 9.59 Å². The number of fused-ring (bicyclic) bond motifs is 1. The molecule has 0 radical (unpaired) electrons. The van der Waals surface area contributed by atoms with E-state index in [0.29, 0.717) is 23.7 Å². The highest BCUT2D eigenvalue weighted by Crippen LogP contribution is 2.21. The molecule has 2 aromatic carbocycles. The zero-order chi connectivity index (χ0) is 24.9. The lowest BCUT2D eigenvalue weighted by atomic mass is 10.1. The normalized spacial score (nSPS) is 11.2. The molecule has 2 amide bonds. The van der Waals surface area contributed by atoms with Gasteiger partial charge in [0.15, 0.2) is 5.69 Å². The summed E-state index contributed by atoms with van der Waals surface area (Å²) in [5.41, 5.74) is 8.60. The SMILES string of the molecule is CCCn1nc(C(=O)NNC(=O)/C=C/c2cc(C)n(-c3ccccc3)c2C)c2ccccc2c1=O. The molecule has 8 nitrogen and oxygen atoms in total. The number of aryl methyl sites for hydroxylation is 2. The molecule has 0 spiro atoms. The number of hydrogen-bond acceptors (Lipinski definition) is 4. The molecule has 2 heterocycles. The van der Waals surface area contributed by atoms with Crippen LogP contribution in [0.3, 0.4) is 0 Å². The lowest BCUT2D eigenvalue weighted by Crippen LogP contribution is -2.42. The highest BCUT2D eigenvalue weighted by atomic mass is 16.2. The number of benzene rings is 2. The van der Waals surface area contributed by atoms with E-state index >= 15 is 0 Å². The van der Waals surface area contributed by atoms with Gasteiger partial charge in [0.1, 0.15) is 0 Å². The average molecular weight is 470 g/mol. The van der Waals surface area contributed by atoms with Crippen molar-refractivity contribution in [2.45, 2.75) is 33.7 Å². The van der Waals surface area contributed by atoms with Crippen molar-refractivity contribution in [2.75, 3.05) is 0 Å². The van der Waals surface area contributed by atoms with Crippen molar-refractivity contribution in [2.24, 2.45) is 0 Å². The van der Waals surface area contributed by atoms with Crippen LogP contribution < -0.4 is 16.4 Å². The van der Waals surface area contributed by atoms with Crippen molar-refractivity contribution in [3.63, 3.8) is 0 Å². The number of nitrogens with one attached hydrogen (secondary N) is 2. The van der Waals surface area contributed by atoms with Gasteiger partial charge in [-0.15, -0.1) is 0 Å². The Morgan fingerprint density at radius 1 is 0.971 bits per heavy atom. The van der Waals surface area contributed by atoms with E-state index in [0.717, 1.165) is 22.6 Å². The zero-order valence-corrected chi connectivity index (χ0v) is 19.9. The third-order valence-corrected chi connectivity index (χ3v) is 5.72. The fourth-order valence-electron chi connectivity index (χ4n) is 4.08. The summed E-state index contributed by atoms with van der Waals surface area (Å²) in [7, 11) is 0. The fraction of sp³-hybridized carbons (Fsp3) is 0.185. The molecule has 0 saturated heterocycles. The van der Waals surface area contributed by atoms with Crippen LogP contribution in [-0.2, 0) is 11.3 Å². The van der Waals surface area contributed by atoms with Crippen molar-refractivity contribution in [3.05, 3.63) is 99.7 Å². The van der Waals surface area contributed by atoms with E-state index in [9.17, 15) is 14.4 Å². The zero-order valence-electron chi connectivity index (χ0n) is 19.9. The van der Waals surface area contributed by atoms with Gasteiger partial charge in [0.05, 0.1) is 5.39 Å². The Bertz CT molecular complexity index is 1480. The molecule has 2 aromatic heterocycles. The monoisotopic (exact) mass is 469 g/mol. The van der Waals surface area contributed by atoms with Crippen LogP contribution in [0, 0.1) is 13.8 Å². The summed E-state index contributed by atoms with van der Waals surface area (Å²) >= 11 is 0. The Morgan fingerprint density at radius 2 is 1.66 bits per heavy atom. The molecule has 178 valence electrons. The first-order valence-electron chi connectivity index (χ1n) is 11.4. The van der Waals surface area contributed by atoms with Crippen LogP contribution in [0.2, 0.25) is 0 Å². The van der Waals surface area contributed by atoms with E-state index in [1.54, 1.807) is 30.3 Å². The third-order valence-electron chi connectivity index (χ3n) is 5.72. The third kappa shape index (κ3) is 4.91. The lowest BCUT2D eigenvalue weighted by Gasteiger charge is -2.11. The van der Waals surface area contributed by atoms with Crippen LogP contribution in [0.25, 0.3) is 22.5 Å². The van der Waals surface area contributed by atoms with E-state index in [2.05, 4.69) is 20.5 Å². The smallest absolute Gasteiger partial charge is 0.290 e. The Hall–Kier alpha value is -4.46. The average Bonchev–Trinajstić information content (AvgIpc) is 3.16. The topological polar surface area (TPSA) is 98.0 Å². The van der Waals surface area contributed by atoms with Gasteiger partial charge in [-0.3, -0.25) is 25.2 Å². The molecule has 8 heteroatoms. The number of carbonyl (C=O) groups excluding carboxylic acids is 2. The van der Waals surface area contributed by atoms with Crippen molar-refractivity contribution in [1.82, 2.24) is 25.2 Å². The second-order valence-corrected chi connectivity index (χ2v) is 8.20. The highest BCUT2D eigenvalue weighted by molar-refractivity contribution is 6.05. The predicted octanol–water partition coefficient (Wildman–Crippen LogP) is 3.69. The van der Waals surface area contributed by atoms with Gasteiger partial charge in [-0.25, -0.2) is 4.68 Å². The highest BCUT2D eigenvalue weighted by Gasteiger charge is 2.17. The Labute approximate surface area is 202 Å². The maximum Gasteiger partial charge on any atom is 0.290 e. The van der Waals surface area contributed by atoms with Crippen LogP contribution in [0.15, 0.2) is 71.5 Å². The van der Waals surface area contributed by atoms with Gasteiger partial charge in [-0.05, 0) is 56.2 Å². The first-order valence-corrected chi connectivity index (χ1v) is 11.4. The minimum absolute atomic E-state index is 0.0735. The van der Waals surface area contributed by atoms with E-state index in [1.807, 2.05) is 57.2 Å². The Balaban J connectivity index is 1.49. The van der Waals surface area contributed by atoms with Crippen molar-refractivity contribution in [3.8, 4) is 5.69 Å². The van der Waals surface area contributed by atoms with Gasteiger partial charge < -0.3 is 4.57 Å². The molecule has 0 aliphatic carbocycles. The van der Waals surface area contributed by atoms with E-state index in [-0.39, 0.29) is 11.3 Å². The number of aromatic nitrogens is 3. The van der Waals surface area contributed by atoms with E-state index < -0.39 is 11.8 Å². The second-order valence-electron chi connectivity index (χ2n) is 8.20. The largest absolute Gasteiger partial charge is 0.318 e. The summed E-state index contributed by atoms with van der Waals surface area (Å²) in [6, 6.07) is 18.8. The fourth-order valence-corrected chi connectivity index (χ4v) is 4.08. The molecule has 0 atom stereocenters. The molecule has 4 rings (SSSR count). The molecule has 0 fully saturated rings. The van der Waals surface area contributed by atoms with Gasteiger partial charge in [0, 0.05) is 35.1 Å². The number of para-hydroxylation sites is 1. The molecule has 0 saturated carbocycles. The molecule has 0 aliphatic rings. The van der Waals surface area contributed by atoms with Gasteiger partial charge in [-0.1, -0.05) is 43.3 Å². The van der Waals surface area contributed by atoms with E-state index in [4.69, 9.17) is 0 Å². The van der Waals surface area contributed by atoms with Gasteiger partial charge in [0.2, 0.25) is 0 Å². The quantitative estimate of drug-likeness (QED) is 0.332. The number of carbonyl (C=O) groups is 2. The first kappa shape index (κ1) is 23.7. The molecule has 2 N–H and O–H groups in total. The molecule has 35 heavy (non-hydrogen) atoms. The second kappa shape index (κ2) is 10.2. The molecule has 0 bridgehead atoms. The van der Waals surface area contributed by atoms with Crippen molar-refractivity contribution in [1.29, 1.82) is 0 Å². The Morgan fingerprint density at radius 3 is 2.37 bits per heavy atom. The first-order chi connectivity index (χ1) is 16.9. The number of hydrazine groups is 1. The summed E-state index contributed by atoms with van der Waals surface area (Å²) in [6.45, 7) is 6.31. The summed E-state index contributed by atoms with van der Waals surface area (Å²) in [5, 5.41) is 5.07. The number of amides is 2. The predicted molar refractivity (Wildman–Crippen MR) is 136 cm³/mol. The van der Waals surface area contributed by atoms with Gasteiger partial charge in [0.25, 0.3) is 17.4 Å². The van der Waals surface area contributed by atoms with Crippen molar-refractivity contribution >= 4 is 28.7 Å². The van der Waals surface area contributed by atoms with E-state index in [1.165, 1.54) is 10.8 Å². The molecule has 0 unspecified atom stereocenters. The number of rotatable bonds is 6. The lowest BCUT2D eigenvalue weighted by molar-refractivity contribution is -0.117. The summed E-state index contributed by atoms with van der Waals surface area (Å²) in [4.78, 5) is 37.9. The minimum atomic E-state index is -0.602. The van der Waals surface area contributed by atoms with Crippen LogP contribution in [-0.4, -0.2) is 26.2 Å². The van der Waals surface area contributed by atoms with Crippen LogP contribution >= 0.6 is 0 Å². The van der Waals surface area contributed by atoms with Gasteiger partial charge >= 0.3 is 0 Å². The summed E-state index contributed by atoms with van der Waals surface area (Å²) in [5.74, 6) is -1.09. The standard InChI is InChI=1S/C27H27N5O3/c1-4-16-31-27(35)23-13-9-8-12-22(23)25(30-31)26(34)29-28-24(33)15-14-20-17-18(2)32(19(20)3)21-10-6-5-7-11-21/h5-15,17H,4,16H2,1-3H3,(H,28,33)(H,29,34)/b15-14+. The van der Waals surface area contributed by atoms with Crippen LogP contribution in [0.4, 0.5) is 0 Å². The summed E-state index contributed by atoms with van der Waals surface area (Å²) in [6.07, 6.45) is 3.76. The maximum absolute atomic E-state index is 12.8. The maximum atomic E-state index is 12.8. The molecular formula is C27H27N5O3. The number of nitrogens with zero attached hydrogens (tertiary/aromatic N) is 3. The molecule has 4 aromatic rings. The molecular weight excluding hydrogens is 442 g/mol. The summed E-state index contributed by atoms with van der Waals surface area (Å²) < 4.78 is 3.39. The molecule has 0 aliphatic heterocycles. The van der Waals surface area contributed by atoms with Crippen LogP contribution in [0.5, 0.6) is 0 Å². The van der Waals surface area contributed by atoms with Gasteiger partial charge in [-0.2, -0.15) is 5.10 Å². The number of hydrogen-bond donors (Lipinski definition) is 2. The minimum Gasteiger partial charge on any atom is -0.318 e.